The van der Waals surface area contributed by atoms with Gasteiger partial charge in [-0.2, -0.15) is 0 Å². The zero-order valence-corrected chi connectivity index (χ0v) is 16.7. The van der Waals surface area contributed by atoms with Crippen molar-refractivity contribution < 1.29 is 8.42 Å². The first-order valence-corrected chi connectivity index (χ1v) is 11.9. The van der Waals surface area contributed by atoms with E-state index in [-0.39, 0.29) is 10.3 Å². The van der Waals surface area contributed by atoms with Gasteiger partial charge in [0, 0.05) is 15.8 Å². The van der Waals surface area contributed by atoms with Crippen LogP contribution in [0.4, 0.5) is 5.13 Å². The summed E-state index contributed by atoms with van der Waals surface area (Å²) in [5.41, 5.74) is 1.30. The van der Waals surface area contributed by atoms with E-state index < -0.39 is 10.0 Å². The van der Waals surface area contributed by atoms with Gasteiger partial charge in [0.05, 0.1) is 10.6 Å². The van der Waals surface area contributed by atoms with Gasteiger partial charge in [0.25, 0.3) is 10.0 Å². The van der Waals surface area contributed by atoms with E-state index in [4.69, 9.17) is 16.6 Å². The van der Waals surface area contributed by atoms with E-state index in [1.165, 1.54) is 62.0 Å². The number of nitrogens with one attached hydrogen (secondary N) is 1. The highest BCUT2D eigenvalue weighted by atomic mass is 35.5. The quantitative estimate of drug-likeness (QED) is 0.768. The Balaban J connectivity index is 1.40. The summed E-state index contributed by atoms with van der Waals surface area (Å²) in [6.07, 6.45) is 7.85. The summed E-state index contributed by atoms with van der Waals surface area (Å²) in [6.45, 7) is 0. The first-order valence-electron chi connectivity index (χ1n) is 9.16. The number of hydrogen-bond acceptors (Lipinski definition) is 4. The normalized spacial score (nSPS) is 32.7. The average Bonchev–Trinajstić information content (AvgIpc) is 3.02. The minimum atomic E-state index is -3.63. The summed E-state index contributed by atoms with van der Waals surface area (Å²) in [5, 5.41) is 3.06. The van der Waals surface area contributed by atoms with Gasteiger partial charge >= 0.3 is 0 Å². The van der Waals surface area contributed by atoms with Crippen LogP contribution in [0.1, 0.15) is 44.2 Å². The maximum Gasteiger partial charge on any atom is 0.263 e. The van der Waals surface area contributed by atoms with Crippen LogP contribution in [-0.2, 0) is 15.4 Å². The van der Waals surface area contributed by atoms with Gasteiger partial charge in [-0.25, -0.2) is 13.4 Å². The van der Waals surface area contributed by atoms with Crippen LogP contribution in [0.5, 0.6) is 0 Å². The van der Waals surface area contributed by atoms with E-state index >= 15 is 0 Å². The summed E-state index contributed by atoms with van der Waals surface area (Å²) >= 11 is 7.25. The molecule has 4 aliphatic rings. The van der Waals surface area contributed by atoms with Gasteiger partial charge in [0.15, 0.2) is 5.13 Å². The summed E-state index contributed by atoms with van der Waals surface area (Å²) in [5.74, 6) is 2.53. The third-order valence-corrected chi connectivity index (χ3v) is 8.93. The Kier molecular flexibility index (Phi) is 3.89. The van der Waals surface area contributed by atoms with Gasteiger partial charge in [-0.05, 0) is 80.5 Å². The van der Waals surface area contributed by atoms with Gasteiger partial charge in [-0.3, -0.25) is 4.72 Å². The molecule has 1 heterocycles. The van der Waals surface area contributed by atoms with Gasteiger partial charge < -0.3 is 0 Å². The lowest BCUT2D eigenvalue weighted by atomic mass is 9.49. The highest BCUT2D eigenvalue weighted by Gasteiger charge is 2.52. The average molecular weight is 409 g/mol. The van der Waals surface area contributed by atoms with Gasteiger partial charge in [0.1, 0.15) is 0 Å². The van der Waals surface area contributed by atoms with Crippen molar-refractivity contribution in [3.8, 4) is 0 Å². The Labute approximate surface area is 163 Å². The Morgan fingerprint density at radius 2 is 1.62 bits per heavy atom. The number of thiazole rings is 1. The molecule has 6 rings (SSSR count). The summed E-state index contributed by atoms with van der Waals surface area (Å²) in [7, 11) is -3.63. The lowest BCUT2D eigenvalue weighted by Gasteiger charge is -2.56. The molecule has 0 spiro atoms. The summed E-state index contributed by atoms with van der Waals surface area (Å²) in [6, 6.07) is 6.19. The minimum absolute atomic E-state index is 0.190. The van der Waals surface area contributed by atoms with Crippen LogP contribution in [0.25, 0.3) is 0 Å². The zero-order chi connectivity index (χ0) is 17.9. The standard InChI is InChI=1S/C19H21ClN2O2S2/c20-15-1-3-16(4-2-15)26(23,24)22-18-21-17(11-25-18)19-8-12-5-13(9-19)7-14(6-12)10-19/h1-4,11-14H,5-10H2,(H,21,22). The third-order valence-electron chi connectivity index (χ3n) is 6.43. The predicted molar refractivity (Wildman–Crippen MR) is 104 cm³/mol. The van der Waals surface area contributed by atoms with Crippen molar-refractivity contribution in [1.29, 1.82) is 0 Å². The fraction of sp³-hybridized carbons (Fsp3) is 0.526. The highest BCUT2D eigenvalue weighted by Crippen LogP contribution is 2.60. The van der Waals surface area contributed by atoms with Crippen molar-refractivity contribution in [2.75, 3.05) is 4.72 Å². The lowest BCUT2D eigenvalue weighted by Crippen LogP contribution is -2.48. The molecule has 0 aliphatic heterocycles. The predicted octanol–water partition coefficient (Wildman–Crippen LogP) is 5.07. The second kappa shape index (κ2) is 5.94. The van der Waals surface area contributed by atoms with Crippen molar-refractivity contribution in [2.24, 2.45) is 17.8 Å². The van der Waals surface area contributed by atoms with Gasteiger partial charge in [0.2, 0.25) is 0 Å². The SMILES string of the molecule is O=S(=O)(Nc1nc(C23CC4CC(CC(C4)C2)C3)cs1)c1ccc(Cl)cc1. The zero-order valence-electron chi connectivity index (χ0n) is 14.3. The molecular formula is C19H21ClN2O2S2. The number of sulfonamides is 1. The molecule has 138 valence electrons. The fourth-order valence-corrected chi connectivity index (χ4v) is 7.99. The van der Waals surface area contributed by atoms with E-state index in [2.05, 4.69) is 10.1 Å². The molecule has 4 saturated carbocycles. The molecule has 26 heavy (non-hydrogen) atoms. The molecule has 0 atom stereocenters. The van der Waals surface area contributed by atoms with Crippen molar-refractivity contribution in [1.82, 2.24) is 4.98 Å². The maximum atomic E-state index is 12.6. The Bertz CT molecular complexity index is 901. The van der Waals surface area contributed by atoms with Crippen LogP contribution >= 0.6 is 22.9 Å². The molecule has 1 aromatic heterocycles. The molecule has 1 N–H and O–H groups in total. The molecule has 0 radical (unpaired) electrons. The fourth-order valence-electron chi connectivity index (χ4n) is 5.78. The second-order valence-corrected chi connectivity index (χ2v) is 11.3. The van der Waals surface area contributed by atoms with Crippen molar-refractivity contribution in [3.63, 3.8) is 0 Å². The largest absolute Gasteiger partial charge is 0.263 e. The molecule has 4 bridgehead atoms. The number of aromatic nitrogens is 1. The van der Waals surface area contributed by atoms with Crippen molar-refractivity contribution >= 4 is 38.1 Å². The number of benzene rings is 1. The Morgan fingerprint density at radius 1 is 1.04 bits per heavy atom. The van der Waals surface area contributed by atoms with E-state index in [0.717, 1.165) is 23.4 Å². The smallest absolute Gasteiger partial charge is 0.255 e. The van der Waals surface area contributed by atoms with Gasteiger partial charge in [-0.15, -0.1) is 11.3 Å². The molecule has 0 unspecified atom stereocenters. The van der Waals surface area contributed by atoms with E-state index in [1.54, 1.807) is 12.1 Å². The molecule has 0 saturated heterocycles. The first kappa shape index (κ1) is 17.0. The summed E-state index contributed by atoms with van der Waals surface area (Å²) in [4.78, 5) is 4.93. The highest BCUT2D eigenvalue weighted by molar-refractivity contribution is 7.93. The topological polar surface area (TPSA) is 59.1 Å². The molecule has 4 aliphatic carbocycles. The van der Waals surface area contributed by atoms with Crippen LogP contribution in [0.15, 0.2) is 34.5 Å². The molecule has 4 fully saturated rings. The molecule has 2 aromatic rings. The summed E-state index contributed by atoms with van der Waals surface area (Å²) < 4.78 is 27.8. The van der Waals surface area contributed by atoms with Gasteiger partial charge in [-0.1, -0.05) is 11.6 Å². The molecule has 0 amide bonds. The monoisotopic (exact) mass is 408 g/mol. The van der Waals surface area contributed by atoms with Crippen LogP contribution in [0.2, 0.25) is 5.02 Å². The molecule has 4 nitrogen and oxygen atoms in total. The van der Waals surface area contributed by atoms with Crippen molar-refractivity contribution in [2.45, 2.75) is 48.8 Å². The van der Waals surface area contributed by atoms with Crippen molar-refractivity contribution in [3.05, 3.63) is 40.4 Å². The maximum absolute atomic E-state index is 12.6. The van der Waals surface area contributed by atoms with Crippen LogP contribution in [0, 0.1) is 17.8 Å². The van der Waals surface area contributed by atoms with Crippen LogP contribution < -0.4 is 4.72 Å². The molecular weight excluding hydrogens is 388 g/mol. The minimum Gasteiger partial charge on any atom is -0.255 e. The van der Waals surface area contributed by atoms with Crippen LogP contribution in [-0.4, -0.2) is 13.4 Å². The van der Waals surface area contributed by atoms with E-state index in [0.29, 0.717) is 10.2 Å². The Hall–Kier alpha value is -1.11. The number of anilines is 1. The number of hydrogen-bond donors (Lipinski definition) is 1. The third kappa shape index (κ3) is 2.86. The Morgan fingerprint density at radius 3 is 2.19 bits per heavy atom. The number of nitrogens with zero attached hydrogens (tertiary/aromatic N) is 1. The lowest BCUT2D eigenvalue weighted by molar-refractivity contribution is -0.00688. The number of rotatable bonds is 4. The second-order valence-electron chi connectivity index (χ2n) is 8.30. The van der Waals surface area contributed by atoms with E-state index in [1.807, 2.05) is 0 Å². The molecule has 7 heteroatoms. The van der Waals surface area contributed by atoms with Crippen LogP contribution in [0.3, 0.4) is 0 Å². The molecule has 1 aromatic carbocycles. The first-order chi connectivity index (χ1) is 12.4. The number of halogens is 1. The van der Waals surface area contributed by atoms with E-state index in [9.17, 15) is 8.42 Å².